The monoisotopic (exact) mass is 535 g/mol. The zero-order chi connectivity index (χ0) is 20.8. The minimum absolute atomic E-state index is 0. The number of guanidine groups is 1. The van der Waals surface area contributed by atoms with Crippen LogP contribution in [0, 0.1) is 5.92 Å². The number of halogens is 1. The largest absolute Gasteiger partial charge is 0.481 e. The lowest BCUT2D eigenvalue weighted by Gasteiger charge is -2.48. The number of ether oxygens (including phenoxy) is 1. The van der Waals surface area contributed by atoms with Gasteiger partial charge in [-0.25, -0.2) is 4.98 Å². The van der Waals surface area contributed by atoms with E-state index in [4.69, 9.17) is 4.74 Å². The molecule has 3 heterocycles. The Balaban J connectivity index is 0.00000272. The maximum Gasteiger partial charge on any atom is 0.213 e. The first-order valence-corrected chi connectivity index (χ1v) is 11.0. The van der Waals surface area contributed by atoms with Crippen molar-refractivity contribution in [2.24, 2.45) is 10.9 Å². The van der Waals surface area contributed by atoms with E-state index in [1.807, 2.05) is 19.2 Å². The molecule has 0 saturated carbocycles. The second kappa shape index (κ2) is 11.7. The Hall–Kier alpha value is -1.87. The van der Waals surface area contributed by atoms with Gasteiger partial charge in [-0.3, -0.25) is 9.89 Å². The van der Waals surface area contributed by atoms with Gasteiger partial charge in [0.05, 0.1) is 7.11 Å². The van der Waals surface area contributed by atoms with E-state index >= 15 is 0 Å². The Morgan fingerprint density at radius 3 is 2.77 bits per heavy atom. The van der Waals surface area contributed by atoms with Crippen molar-refractivity contribution >= 4 is 29.9 Å². The van der Waals surface area contributed by atoms with Crippen LogP contribution in [0.4, 0.5) is 0 Å². The molecule has 168 valence electrons. The molecule has 1 N–H and O–H groups in total. The molecule has 0 radical (unpaired) electrons. The zero-order valence-corrected chi connectivity index (χ0v) is 20.9. The smallest absolute Gasteiger partial charge is 0.213 e. The molecule has 2 saturated heterocycles. The Morgan fingerprint density at radius 1 is 1.16 bits per heavy atom. The number of hydrogen-bond acceptors (Lipinski definition) is 4. The van der Waals surface area contributed by atoms with Crippen LogP contribution >= 0.6 is 24.0 Å². The highest BCUT2D eigenvalue weighted by Crippen LogP contribution is 2.31. The summed E-state index contributed by atoms with van der Waals surface area (Å²) in [5, 5.41) is 3.53. The predicted molar refractivity (Wildman–Crippen MR) is 136 cm³/mol. The summed E-state index contributed by atoms with van der Waals surface area (Å²) in [7, 11) is 3.53. The molecule has 0 bridgehead atoms. The van der Waals surface area contributed by atoms with E-state index < -0.39 is 0 Å². The lowest BCUT2D eigenvalue weighted by atomic mass is 9.83. The molecule has 2 unspecified atom stereocenters. The third kappa shape index (κ3) is 6.10. The molecule has 2 aliphatic heterocycles. The average Bonchev–Trinajstić information content (AvgIpc) is 2.80. The number of benzene rings is 1. The van der Waals surface area contributed by atoms with Crippen LogP contribution < -0.4 is 10.1 Å². The van der Waals surface area contributed by atoms with Crippen molar-refractivity contribution in [2.45, 2.75) is 38.4 Å². The van der Waals surface area contributed by atoms with Gasteiger partial charge in [0, 0.05) is 51.5 Å². The van der Waals surface area contributed by atoms with Crippen molar-refractivity contribution in [3.63, 3.8) is 0 Å². The Morgan fingerprint density at radius 2 is 2.00 bits per heavy atom. The van der Waals surface area contributed by atoms with Crippen LogP contribution in [0.5, 0.6) is 5.88 Å². The minimum atomic E-state index is 0. The van der Waals surface area contributed by atoms with Gasteiger partial charge in [-0.1, -0.05) is 30.3 Å². The van der Waals surface area contributed by atoms with Crippen LogP contribution in [-0.2, 0) is 13.1 Å². The summed E-state index contributed by atoms with van der Waals surface area (Å²) < 4.78 is 5.23. The molecule has 1 aromatic heterocycles. The fourth-order valence-corrected chi connectivity index (χ4v) is 4.90. The van der Waals surface area contributed by atoms with Gasteiger partial charge in [0.15, 0.2) is 5.96 Å². The van der Waals surface area contributed by atoms with Gasteiger partial charge in [0.25, 0.3) is 0 Å². The highest BCUT2D eigenvalue weighted by Gasteiger charge is 2.36. The minimum Gasteiger partial charge on any atom is -0.481 e. The lowest BCUT2D eigenvalue weighted by molar-refractivity contribution is 0.0372. The number of hydrogen-bond donors (Lipinski definition) is 1. The quantitative estimate of drug-likeness (QED) is 0.359. The number of pyridine rings is 1. The molecule has 6 nitrogen and oxygen atoms in total. The number of methoxy groups -OCH3 is 1. The fourth-order valence-electron chi connectivity index (χ4n) is 4.90. The highest BCUT2D eigenvalue weighted by atomic mass is 127. The second-order valence-electron chi connectivity index (χ2n) is 8.27. The molecule has 2 atom stereocenters. The first-order valence-electron chi connectivity index (χ1n) is 11.0. The molecule has 2 fully saturated rings. The number of nitrogens with zero attached hydrogens (tertiary/aromatic N) is 4. The maximum atomic E-state index is 5.23. The van der Waals surface area contributed by atoms with Crippen molar-refractivity contribution in [3.05, 3.63) is 59.8 Å². The highest BCUT2D eigenvalue weighted by molar-refractivity contribution is 14.0. The molecular formula is C24H34IN5O. The molecule has 2 aromatic rings. The molecular weight excluding hydrogens is 501 g/mol. The number of piperidine rings is 2. The topological polar surface area (TPSA) is 53.0 Å². The van der Waals surface area contributed by atoms with Crippen molar-refractivity contribution < 1.29 is 4.74 Å². The van der Waals surface area contributed by atoms with Crippen LogP contribution in [0.2, 0.25) is 0 Å². The normalized spacial score (nSPS) is 21.7. The molecule has 0 spiro atoms. The summed E-state index contributed by atoms with van der Waals surface area (Å²) in [5.41, 5.74) is 2.57. The van der Waals surface area contributed by atoms with Crippen molar-refractivity contribution in [2.75, 3.05) is 33.8 Å². The maximum absolute atomic E-state index is 5.23. The zero-order valence-electron chi connectivity index (χ0n) is 18.5. The Kier molecular flexibility index (Phi) is 8.95. The molecule has 2 aliphatic rings. The number of aliphatic imine (C=N–C) groups is 1. The Bertz CT molecular complexity index is 847. The summed E-state index contributed by atoms with van der Waals surface area (Å²) in [6.07, 6.45) is 5.57. The van der Waals surface area contributed by atoms with Crippen molar-refractivity contribution in [1.82, 2.24) is 20.1 Å². The molecule has 1 aromatic carbocycles. The lowest BCUT2D eigenvalue weighted by Crippen LogP contribution is -2.56. The summed E-state index contributed by atoms with van der Waals surface area (Å²) in [5.74, 6) is 2.34. The number of aromatic nitrogens is 1. The van der Waals surface area contributed by atoms with Crippen molar-refractivity contribution in [1.29, 1.82) is 0 Å². The van der Waals surface area contributed by atoms with E-state index in [2.05, 4.69) is 55.4 Å². The Labute approximate surface area is 203 Å². The third-order valence-electron chi connectivity index (χ3n) is 6.38. The van der Waals surface area contributed by atoms with Crippen LogP contribution in [0.3, 0.4) is 0 Å². The number of likely N-dealkylation sites (tertiary alicyclic amines) is 2. The number of fused-ring (bicyclic) bond motifs is 1. The van der Waals surface area contributed by atoms with Crippen LogP contribution in [0.1, 0.15) is 30.4 Å². The fraction of sp³-hybridized carbons (Fsp3) is 0.500. The molecule has 7 heteroatoms. The van der Waals surface area contributed by atoms with Gasteiger partial charge in [0.2, 0.25) is 5.88 Å². The molecule has 0 amide bonds. The summed E-state index contributed by atoms with van der Waals surface area (Å²) in [4.78, 5) is 13.9. The van der Waals surface area contributed by atoms with Gasteiger partial charge in [-0.2, -0.15) is 0 Å². The third-order valence-corrected chi connectivity index (χ3v) is 6.38. The van der Waals surface area contributed by atoms with E-state index in [9.17, 15) is 0 Å². The first-order chi connectivity index (χ1) is 14.8. The summed E-state index contributed by atoms with van der Waals surface area (Å²) in [6.45, 7) is 5.13. The van der Waals surface area contributed by atoms with Gasteiger partial charge >= 0.3 is 0 Å². The molecule has 31 heavy (non-hydrogen) atoms. The number of rotatable bonds is 5. The summed E-state index contributed by atoms with van der Waals surface area (Å²) in [6, 6.07) is 15.5. The first kappa shape index (κ1) is 23.8. The molecule has 0 aliphatic carbocycles. The van der Waals surface area contributed by atoms with Crippen LogP contribution in [0.15, 0.2) is 53.7 Å². The predicted octanol–water partition coefficient (Wildman–Crippen LogP) is 3.77. The second-order valence-corrected chi connectivity index (χ2v) is 8.27. The van der Waals surface area contributed by atoms with Crippen LogP contribution in [-0.4, -0.2) is 60.6 Å². The number of nitrogens with one attached hydrogen (secondary N) is 1. The molecule has 4 rings (SSSR count). The van der Waals surface area contributed by atoms with Gasteiger partial charge in [-0.05, 0) is 48.9 Å². The van der Waals surface area contributed by atoms with E-state index in [1.165, 1.54) is 31.4 Å². The van der Waals surface area contributed by atoms with Gasteiger partial charge < -0.3 is 15.0 Å². The average molecular weight is 535 g/mol. The van der Waals surface area contributed by atoms with Crippen molar-refractivity contribution in [3.8, 4) is 5.88 Å². The SMILES string of the molecule is CN=C(NCc1ccnc(OC)c1)N1CCC2C(CCCN2Cc2ccccc2)C1.I. The van der Waals surface area contributed by atoms with E-state index in [-0.39, 0.29) is 24.0 Å². The standard InChI is InChI=1S/C24H33N5O.HI/c1-25-24(27-16-20-10-12-26-23(15-20)30-2)29-14-11-22-21(18-29)9-6-13-28(22)17-19-7-4-3-5-8-19;/h3-5,7-8,10,12,15,21-22H,6,9,11,13-14,16-18H2,1-2H3,(H,25,27);1H. The van der Waals surface area contributed by atoms with E-state index in [1.54, 1.807) is 13.3 Å². The van der Waals surface area contributed by atoms with E-state index in [0.717, 1.165) is 37.7 Å². The van der Waals surface area contributed by atoms with Gasteiger partial charge in [0.1, 0.15) is 0 Å². The van der Waals surface area contributed by atoms with Gasteiger partial charge in [-0.15, -0.1) is 24.0 Å². The van der Waals surface area contributed by atoms with Crippen LogP contribution in [0.25, 0.3) is 0 Å². The van der Waals surface area contributed by atoms with E-state index in [0.29, 0.717) is 17.8 Å². The summed E-state index contributed by atoms with van der Waals surface area (Å²) >= 11 is 0.